The number of carbonyl (C=O) groups is 2. The average Bonchev–Trinajstić information content (AvgIpc) is 3.05. The fourth-order valence-electron chi connectivity index (χ4n) is 3.15. The SMILES string of the molecule is CCn1c(CN2C(=O)c3ccccc3C2=O)nc2cc(F)ccc21. The third-order valence-electron chi connectivity index (χ3n) is 4.28. The van der Waals surface area contributed by atoms with Gasteiger partial charge in [0.05, 0.1) is 28.7 Å². The van der Waals surface area contributed by atoms with Crippen molar-refractivity contribution in [2.45, 2.75) is 20.0 Å². The predicted molar refractivity (Wildman–Crippen MR) is 86.0 cm³/mol. The number of hydrogen-bond donors (Lipinski definition) is 0. The van der Waals surface area contributed by atoms with Gasteiger partial charge >= 0.3 is 0 Å². The van der Waals surface area contributed by atoms with E-state index in [0.717, 1.165) is 5.52 Å². The lowest BCUT2D eigenvalue weighted by molar-refractivity contribution is 0.0637. The van der Waals surface area contributed by atoms with Gasteiger partial charge < -0.3 is 4.57 Å². The van der Waals surface area contributed by atoms with Gasteiger partial charge in [0.2, 0.25) is 0 Å². The Morgan fingerprint density at radius 1 is 1.04 bits per heavy atom. The number of carbonyl (C=O) groups excluding carboxylic acids is 2. The highest BCUT2D eigenvalue weighted by molar-refractivity contribution is 6.21. The smallest absolute Gasteiger partial charge is 0.261 e. The lowest BCUT2D eigenvalue weighted by Crippen LogP contribution is -2.30. The predicted octanol–water partition coefficient (Wildman–Crippen LogP) is 2.99. The first kappa shape index (κ1) is 14.6. The number of fused-ring (bicyclic) bond motifs is 2. The van der Waals surface area contributed by atoms with E-state index in [4.69, 9.17) is 0 Å². The fraction of sp³-hybridized carbons (Fsp3) is 0.167. The second-order valence-electron chi connectivity index (χ2n) is 5.65. The molecule has 0 atom stereocenters. The number of rotatable bonds is 3. The second-order valence-corrected chi connectivity index (χ2v) is 5.65. The van der Waals surface area contributed by atoms with E-state index in [1.807, 2.05) is 11.5 Å². The van der Waals surface area contributed by atoms with E-state index in [2.05, 4.69) is 4.98 Å². The van der Waals surface area contributed by atoms with Crippen LogP contribution in [0, 0.1) is 5.82 Å². The van der Waals surface area contributed by atoms with E-state index >= 15 is 0 Å². The molecule has 2 heterocycles. The monoisotopic (exact) mass is 323 g/mol. The van der Waals surface area contributed by atoms with Crippen LogP contribution in [0.25, 0.3) is 11.0 Å². The van der Waals surface area contributed by atoms with E-state index in [0.29, 0.717) is 29.0 Å². The topological polar surface area (TPSA) is 55.2 Å². The quantitative estimate of drug-likeness (QED) is 0.696. The minimum atomic E-state index is -0.365. The molecule has 0 radical (unpaired) electrons. The standard InChI is InChI=1S/C18H14FN3O2/c1-2-21-15-8-7-11(19)9-14(15)20-16(21)10-22-17(23)12-5-3-4-6-13(12)18(22)24/h3-9H,2,10H2,1H3. The highest BCUT2D eigenvalue weighted by atomic mass is 19.1. The lowest BCUT2D eigenvalue weighted by atomic mass is 10.1. The first-order chi connectivity index (χ1) is 11.6. The van der Waals surface area contributed by atoms with E-state index in [1.165, 1.54) is 17.0 Å². The van der Waals surface area contributed by atoms with Crippen molar-refractivity contribution < 1.29 is 14.0 Å². The molecule has 1 aliphatic heterocycles. The molecule has 0 aliphatic carbocycles. The normalized spacial score (nSPS) is 13.8. The summed E-state index contributed by atoms with van der Waals surface area (Å²) in [5.41, 5.74) is 2.12. The van der Waals surface area contributed by atoms with E-state index in [-0.39, 0.29) is 24.2 Å². The molecule has 1 aromatic heterocycles. The Labute approximate surface area is 137 Å². The van der Waals surface area contributed by atoms with Crippen molar-refractivity contribution in [3.05, 3.63) is 65.2 Å². The minimum Gasteiger partial charge on any atom is -0.327 e. The number of halogens is 1. The molecule has 3 aromatic rings. The summed E-state index contributed by atoms with van der Waals surface area (Å²) in [7, 11) is 0. The van der Waals surface area contributed by atoms with Crippen LogP contribution in [0.5, 0.6) is 0 Å². The molecule has 0 saturated heterocycles. The second kappa shape index (κ2) is 5.26. The van der Waals surface area contributed by atoms with Crippen LogP contribution < -0.4 is 0 Å². The number of imidazole rings is 1. The maximum Gasteiger partial charge on any atom is 0.261 e. The Balaban J connectivity index is 1.75. The van der Waals surface area contributed by atoms with Crippen LogP contribution in [0.2, 0.25) is 0 Å². The molecule has 2 aromatic carbocycles. The van der Waals surface area contributed by atoms with Crippen LogP contribution in [0.3, 0.4) is 0 Å². The molecular formula is C18H14FN3O2. The summed E-state index contributed by atoms with van der Waals surface area (Å²) in [6, 6.07) is 11.2. The average molecular weight is 323 g/mol. The molecule has 1 aliphatic rings. The molecule has 0 saturated carbocycles. The third-order valence-corrected chi connectivity index (χ3v) is 4.28. The highest BCUT2D eigenvalue weighted by Gasteiger charge is 2.35. The first-order valence-corrected chi connectivity index (χ1v) is 7.70. The van der Waals surface area contributed by atoms with Crippen LogP contribution >= 0.6 is 0 Å². The molecule has 0 unspecified atom stereocenters. The minimum absolute atomic E-state index is 0.0660. The maximum absolute atomic E-state index is 13.4. The van der Waals surface area contributed by atoms with Crippen molar-refractivity contribution in [1.29, 1.82) is 0 Å². The lowest BCUT2D eigenvalue weighted by Gasteiger charge is -2.14. The van der Waals surface area contributed by atoms with Gasteiger partial charge in [0, 0.05) is 12.6 Å². The van der Waals surface area contributed by atoms with Gasteiger partial charge in [-0.05, 0) is 31.2 Å². The summed E-state index contributed by atoms with van der Waals surface area (Å²) in [6.07, 6.45) is 0. The zero-order valence-electron chi connectivity index (χ0n) is 13.0. The molecule has 24 heavy (non-hydrogen) atoms. The number of aromatic nitrogens is 2. The van der Waals surface area contributed by atoms with Crippen molar-refractivity contribution >= 4 is 22.8 Å². The Hall–Kier alpha value is -3.02. The summed E-state index contributed by atoms with van der Waals surface area (Å²) >= 11 is 0. The molecule has 0 bridgehead atoms. The molecule has 0 N–H and O–H groups in total. The van der Waals surface area contributed by atoms with Gasteiger partial charge in [-0.25, -0.2) is 9.37 Å². The molecule has 6 heteroatoms. The largest absolute Gasteiger partial charge is 0.327 e. The molecule has 2 amide bonds. The number of amides is 2. The Morgan fingerprint density at radius 3 is 2.33 bits per heavy atom. The van der Waals surface area contributed by atoms with Gasteiger partial charge in [-0.1, -0.05) is 12.1 Å². The number of hydrogen-bond acceptors (Lipinski definition) is 3. The van der Waals surface area contributed by atoms with Crippen molar-refractivity contribution in [3.8, 4) is 0 Å². The molecule has 120 valence electrons. The number of benzene rings is 2. The van der Waals surface area contributed by atoms with Crippen LogP contribution in [0.15, 0.2) is 42.5 Å². The van der Waals surface area contributed by atoms with E-state index < -0.39 is 0 Å². The van der Waals surface area contributed by atoms with Gasteiger partial charge in [0.25, 0.3) is 11.8 Å². The van der Waals surface area contributed by atoms with Gasteiger partial charge in [0.15, 0.2) is 0 Å². The van der Waals surface area contributed by atoms with Crippen LogP contribution in [0.4, 0.5) is 4.39 Å². The van der Waals surface area contributed by atoms with Gasteiger partial charge in [-0.15, -0.1) is 0 Å². The third kappa shape index (κ3) is 2.03. The zero-order chi connectivity index (χ0) is 16.8. The van der Waals surface area contributed by atoms with Gasteiger partial charge in [-0.3, -0.25) is 14.5 Å². The molecular weight excluding hydrogens is 309 g/mol. The molecule has 0 fully saturated rings. The summed E-state index contributed by atoms with van der Waals surface area (Å²) in [5.74, 6) is -0.448. The molecule has 4 rings (SSSR count). The summed E-state index contributed by atoms with van der Waals surface area (Å²) in [4.78, 5) is 30.6. The summed E-state index contributed by atoms with van der Waals surface area (Å²) < 4.78 is 15.3. The van der Waals surface area contributed by atoms with Crippen molar-refractivity contribution in [3.63, 3.8) is 0 Å². The van der Waals surface area contributed by atoms with Crippen molar-refractivity contribution in [2.24, 2.45) is 0 Å². The van der Waals surface area contributed by atoms with E-state index in [9.17, 15) is 14.0 Å². The van der Waals surface area contributed by atoms with Crippen molar-refractivity contribution in [2.75, 3.05) is 0 Å². The Bertz CT molecular complexity index is 958. The van der Waals surface area contributed by atoms with Crippen molar-refractivity contribution in [1.82, 2.24) is 14.5 Å². The number of nitrogens with zero attached hydrogens (tertiary/aromatic N) is 3. The van der Waals surface area contributed by atoms with Gasteiger partial charge in [-0.2, -0.15) is 0 Å². The molecule has 5 nitrogen and oxygen atoms in total. The van der Waals surface area contributed by atoms with Crippen LogP contribution in [-0.4, -0.2) is 26.3 Å². The van der Waals surface area contributed by atoms with Crippen LogP contribution in [0.1, 0.15) is 33.5 Å². The first-order valence-electron chi connectivity index (χ1n) is 7.70. The molecule has 0 spiro atoms. The Morgan fingerprint density at radius 2 is 1.71 bits per heavy atom. The highest BCUT2D eigenvalue weighted by Crippen LogP contribution is 2.25. The zero-order valence-corrected chi connectivity index (χ0v) is 13.0. The fourth-order valence-corrected chi connectivity index (χ4v) is 3.15. The number of imide groups is 1. The van der Waals surface area contributed by atoms with Gasteiger partial charge in [0.1, 0.15) is 11.6 Å². The summed E-state index contributed by atoms with van der Waals surface area (Å²) in [6.45, 7) is 2.62. The maximum atomic E-state index is 13.4. The Kier molecular flexibility index (Phi) is 3.19. The van der Waals surface area contributed by atoms with E-state index in [1.54, 1.807) is 30.3 Å². The number of aryl methyl sites for hydroxylation is 1. The summed E-state index contributed by atoms with van der Waals surface area (Å²) in [5, 5.41) is 0. The van der Waals surface area contributed by atoms with Crippen LogP contribution in [-0.2, 0) is 13.1 Å².